The van der Waals surface area contributed by atoms with Gasteiger partial charge in [-0.1, -0.05) is 25.5 Å². The van der Waals surface area contributed by atoms with E-state index in [1.54, 1.807) is 0 Å². The van der Waals surface area contributed by atoms with Crippen molar-refractivity contribution in [2.45, 2.75) is 57.6 Å². The summed E-state index contributed by atoms with van der Waals surface area (Å²) in [7, 11) is 0. The average Bonchev–Trinajstić information content (AvgIpc) is 3.39. The molecule has 3 aliphatic carbocycles. The van der Waals surface area contributed by atoms with E-state index in [-0.39, 0.29) is 0 Å². The van der Waals surface area contributed by atoms with Crippen LogP contribution in [0.2, 0.25) is 0 Å². The molecule has 0 bridgehead atoms. The Morgan fingerprint density at radius 2 is 2.00 bits per heavy atom. The maximum absolute atomic E-state index is 5.99. The molecule has 3 atom stereocenters. The molecule has 4 rings (SSSR count). The molecular weight excluding hydrogens is 258 g/mol. The second-order valence-corrected chi connectivity index (χ2v) is 7.16. The Labute approximate surface area is 128 Å². The third-order valence-corrected chi connectivity index (χ3v) is 5.52. The maximum atomic E-state index is 5.99. The van der Waals surface area contributed by atoms with Gasteiger partial charge in [0.05, 0.1) is 6.10 Å². The number of hydrogen-bond donors (Lipinski definition) is 1. The van der Waals surface area contributed by atoms with Gasteiger partial charge in [0.25, 0.3) is 0 Å². The molecule has 1 N–H and O–H groups in total. The van der Waals surface area contributed by atoms with Gasteiger partial charge in [0.15, 0.2) is 0 Å². The van der Waals surface area contributed by atoms with Crippen molar-refractivity contribution in [2.24, 2.45) is 17.8 Å². The number of rotatable bonds is 7. The second-order valence-electron chi connectivity index (χ2n) is 7.16. The van der Waals surface area contributed by atoms with E-state index in [1.807, 2.05) is 0 Å². The van der Waals surface area contributed by atoms with Crippen molar-refractivity contribution < 1.29 is 4.74 Å². The molecule has 114 valence electrons. The smallest absolute Gasteiger partial charge is 0.120 e. The van der Waals surface area contributed by atoms with Gasteiger partial charge in [-0.3, -0.25) is 0 Å². The molecule has 0 spiro atoms. The van der Waals surface area contributed by atoms with Crippen LogP contribution in [-0.4, -0.2) is 12.6 Å². The summed E-state index contributed by atoms with van der Waals surface area (Å²) in [5, 5.41) is 3.82. The molecule has 0 heterocycles. The third-order valence-electron chi connectivity index (χ3n) is 5.52. The van der Waals surface area contributed by atoms with E-state index in [0.29, 0.717) is 12.1 Å². The lowest BCUT2D eigenvalue weighted by Gasteiger charge is -2.21. The zero-order valence-corrected chi connectivity index (χ0v) is 13.1. The molecular formula is C19H27NO. The van der Waals surface area contributed by atoms with Crippen molar-refractivity contribution in [1.82, 2.24) is 5.32 Å². The predicted molar refractivity (Wildman–Crippen MR) is 85.4 cm³/mol. The van der Waals surface area contributed by atoms with Crippen molar-refractivity contribution >= 4 is 0 Å². The average molecular weight is 285 g/mol. The Kier molecular flexibility index (Phi) is 3.66. The largest absolute Gasteiger partial charge is 0.490 e. The standard InChI is InChI=1S/C19H27NO/c1-2-11-20-19(18-16-7-4-8-17(16)18)13-5-3-6-15(12-13)21-14-9-10-14/h3,5-6,12,14,16-20H,2,4,7-11H2,1H3. The minimum atomic E-state index is 0.489. The van der Waals surface area contributed by atoms with Gasteiger partial charge in [-0.05, 0) is 74.1 Å². The summed E-state index contributed by atoms with van der Waals surface area (Å²) >= 11 is 0. The van der Waals surface area contributed by atoms with Crippen LogP contribution in [0.25, 0.3) is 0 Å². The number of nitrogens with one attached hydrogen (secondary N) is 1. The van der Waals surface area contributed by atoms with Gasteiger partial charge in [-0.2, -0.15) is 0 Å². The van der Waals surface area contributed by atoms with Crippen LogP contribution in [-0.2, 0) is 0 Å². The van der Waals surface area contributed by atoms with Crippen LogP contribution < -0.4 is 10.1 Å². The SMILES string of the molecule is CCCNC(c1cccc(OC2CC2)c1)C1C2CCCC21. The fourth-order valence-corrected chi connectivity index (χ4v) is 4.31. The quantitative estimate of drug-likeness (QED) is 0.806. The third kappa shape index (κ3) is 2.83. The zero-order valence-electron chi connectivity index (χ0n) is 13.1. The van der Waals surface area contributed by atoms with Crippen LogP contribution in [0.5, 0.6) is 5.75 Å². The summed E-state index contributed by atoms with van der Waals surface area (Å²) in [6.07, 6.45) is 8.52. The van der Waals surface area contributed by atoms with Crippen LogP contribution in [0, 0.1) is 17.8 Å². The van der Waals surface area contributed by atoms with Gasteiger partial charge in [0, 0.05) is 6.04 Å². The fraction of sp³-hybridized carbons (Fsp3) is 0.684. The van der Waals surface area contributed by atoms with Crippen molar-refractivity contribution in [3.05, 3.63) is 29.8 Å². The lowest BCUT2D eigenvalue weighted by Crippen LogP contribution is -2.25. The molecule has 3 fully saturated rings. The fourth-order valence-electron chi connectivity index (χ4n) is 4.31. The molecule has 1 aromatic rings. The van der Waals surface area contributed by atoms with Crippen molar-refractivity contribution in [1.29, 1.82) is 0 Å². The molecule has 2 heteroatoms. The van der Waals surface area contributed by atoms with Crippen molar-refractivity contribution in [3.8, 4) is 5.75 Å². The molecule has 21 heavy (non-hydrogen) atoms. The highest BCUT2D eigenvalue weighted by molar-refractivity contribution is 5.33. The van der Waals surface area contributed by atoms with E-state index in [4.69, 9.17) is 4.74 Å². The van der Waals surface area contributed by atoms with Gasteiger partial charge in [-0.15, -0.1) is 0 Å². The molecule has 0 amide bonds. The van der Waals surface area contributed by atoms with E-state index in [9.17, 15) is 0 Å². The zero-order chi connectivity index (χ0) is 14.2. The number of fused-ring (bicyclic) bond motifs is 1. The van der Waals surface area contributed by atoms with Gasteiger partial charge in [0.1, 0.15) is 5.75 Å². The first-order valence-electron chi connectivity index (χ1n) is 8.87. The number of hydrogen-bond acceptors (Lipinski definition) is 2. The minimum Gasteiger partial charge on any atom is -0.490 e. The highest BCUT2D eigenvalue weighted by Gasteiger charge is 2.55. The molecule has 1 aromatic carbocycles. The molecule has 3 aliphatic rings. The predicted octanol–water partition coefficient (Wildman–Crippen LogP) is 4.31. The maximum Gasteiger partial charge on any atom is 0.120 e. The van der Waals surface area contributed by atoms with Gasteiger partial charge < -0.3 is 10.1 Å². The van der Waals surface area contributed by atoms with E-state index in [0.717, 1.165) is 30.0 Å². The van der Waals surface area contributed by atoms with Crippen LogP contribution in [0.4, 0.5) is 0 Å². The van der Waals surface area contributed by atoms with Crippen LogP contribution in [0.3, 0.4) is 0 Å². The normalized spacial score (nSPS) is 31.8. The molecule has 3 saturated carbocycles. The van der Waals surface area contributed by atoms with Crippen molar-refractivity contribution in [3.63, 3.8) is 0 Å². The highest BCUT2D eigenvalue weighted by Crippen LogP contribution is 2.62. The number of benzene rings is 1. The van der Waals surface area contributed by atoms with E-state index in [1.165, 1.54) is 44.1 Å². The lowest BCUT2D eigenvalue weighted by molar-refractivity contribution is 0.302. The van der Waals surface area contributed by atoms with E-state index in [2.05, 4.69) is 36.5 Å². The van der Waals surface area contributed by atoms with Gasteiger partial charge in [0.2, 0.25) is 0 Å². The Morgan fingerprint density at radius 3 is 2.71 bits per heavy atom. The first kappa shape index (κ1) is 13.6. The Bertz CT molecular complexity index is 486. The molecule has 3 unspecified atom stereocenters. The summed E-state index contributed by atoms with van der Waals surface area (Å²) in [6.45, 7) is 3.37. The van der Waals surface area contributed by atoms with Crippen LogP contribution in [0.1, 0.15) is 57.1 Å². The molecule has 0 radical (unpaired) electrons. The Morgan fingerprint density at radius 1 is 1.19 bits per heavy atom. The molecule has 0 aliphatic heterocycles. The molecule has 0 aromatic heterocycles. The summed E-state index contributed by atoms with van der Waals surface area (Å²) in [4.78, 5) is 0. The first-order valence-corrected chi connectivity index (χ1v) is 8.87. The summed E-state index contributed by atoms with van der Waals surface area (Å²) in [6, 6.07) is 9.42. The summed E-state index contributed by atoms with van der Waals surface area (Å²) < 4.78 is 5.99. The lowest BCUT2D eigenvalue weighted by atomic mass is 9.96. The highest BCUT2D eigenvalue weighted by atomic mass is 16.5. The topological polar surface area (TPSA) is 21.3 Å². The Hall–Kier alpha value is -1.02. The van der Waals surface area contributed by atoms with E-state index < -0.39 is 0 Å². The van der Waals surface area contributed by atoms with Crippen LogP contribution >= 0.6 is 0 Å². The monoisotopic (exact) mass is 285 g/mol. The second kappa shape index (κ2) is 5.64. The minimum absolute atomic E-state index is 0.489. The van der Waals surface area contributed by atoms with Gasteiger partial charge in [-0.25, -0.2) is 0 Å². The van der Waals surface area contributed by atoms with Crippen molar-refractivity contribution in [2.75, 3.05) is 6.54 Å². The summed E-state index contributed by atoms with van der Waals surface area (Å²) in [5.41, 5.74) is 1.45. The summed E-state index contributed by atoms with van der Waals surface area (Å²) in [5.74, 6) is 3.94. The number of ether oxygens (including phenoxy) is 1. The first-order chi connectivity index (χ1) is 10.4. The molecule has 0 saturated heterocycles. The Balaban J connectivity index is 1.51. The van der Waals surface area contributed by atoms with Crippen LogP contribution in [0.15, 0.2) is 24.3 Å². The van der Waals surface area contributed by atoms with E-state index >= 15 is 0 Å². The molecule has 2 nitrogen and oxygen atoms in total. The van der Waals surface area contributed by atoms with Gasteiger partial charge >= 0.3 is 0 Å².